The fraction of sp³-hybridized carbons (Fsp3) is 0.250. The van der Waals surface area contributed by atoms with E-state index in [2.05, 4.69) is 61.2 Å². The predicted molar refractivity (Wildman–Crippen MR) is 169 cm³/mol. The van der Waals surface area contributed by atoms with Gasteiger partial charge in [-0.25, -0.2) is 0 Å². The number of benzene rings is 5. The number of anilines is 1. The Kier molecular flexibility index (Phi) is 6.23. The summed E-state index contributed by atoms with van der Waals surface area (Å²) in [6, 6.07) is 31.0. The number of nitrogens with zero attached hydrogens (tertiary/aromatic N) is 2. The number of methoxy groups -OCH3 is 1. The Morgan fingerprint density at radius 1 is 0.810 bits per heavy atom. The lowest BCUT2D eigenvalue weighted by molar-refractivity contribution is 0.0755. The lowest BCUT2D eigenvalue weighted by atomic mass is 9.75. The Bertz CT molecular complexity index is 1830. The molecule has 1 atom stereocenters. The zero-order chi connectivity index (χ0) is 28.9. The lowest BCUT2D eigenvalue weighted by Gasteiger charge is -2.46. The molecule has 1 spiro atoms. The van der Waals surface area contributed by atoms with Gasteiger partial charge in [-0.05, 0) is 78.9 Å². The molecule has 2 heterocycles. The van der Waals surface area contributed by atoms with Crippen molar-refractivity contribution in [2.24, 2.45) is 4.99 Å². The summed E-state index contributed by atoms with van der Waals surface area (Å²) in [5.74, 6) is 2.97. The standard InChI is InChI=1S/C36H34N2O4/c1-5-40-32-21-25-16-18-30-34(28(25)22-31(32)39-4)37-23-36(42-30)35(2,3)33-27-14-10-9-11-24(27)15-17-29(33)38(36)19-20-41-26-12-7-6-8-13-26/h6-18,21-23H,5,19-20H2,1-4H3. The van der Waals surface area contributed by atoms with E-state index in [1.165, 1.54) is 16.3 Å². The van der Waals surface area contributed by atoms with E-state index < -0.39 is 11.1 Å². The third kappa shape index (κ3) is 3.89. The van der Waals surface area contributed by atoms with Crippen molar-refractivity contribution >= 4 is 39.1 Å². The molecule has 2 aliphatic heterocycles. The normalized spacial score (nSPS) is 18.1. The van der Waals surface area contributed by atoms with Gasteiger partial charge >= 0.3 is 0 Å². The van der Waals surface area contributed by atoms with Crippen LogP contribution in [0.2, 0.25) is 0 Å². The average molecular weight is 559 g/mol. The minimum atomic E-state index is -0.866. The Labute approximate surface area is 246 Å². The summed E-state index contributed by atoms with van der Waals surface area (Å²) in [6.45, 7) is 8.15. The van der Waals surface area contributed by atoms with Gasteiger partial charge in [-0.1, -0.05) is 54.6 Å². The van der Waals surface area contributed by atoms with Gasteiger partial charge in [-0.3, -0.25) is 4.99 Å². The summed E-state index contributed by atoms with van der Waals surface area (Å²) in [5.41, 5.74) is 1.86. The lowest BCUT2D eigenvalue weighted by Crippen LogP contribution is -2.63. The first-order chi connectivity index (χ1) is 20.5. The maximum absolute atomic E-state index is 7.15. The number of rotatable bonds is 7. The number of ether oxygens (including phenoxy) is 4. The van der Waals surface area contributed by atoms with Crippen LogP contribution < -0.4 is 23.8 Å². The van der Waals surface area contributed by atoms with Crippen LogP contribution in [0, 0.1) is 0 Å². The zero-order valence-corrected chi connectivity index (χ0v) is 24.4. The molecule has 7 rings (SSSR count). The van der Waals surface area contributed by atoms with Crippen LogP contribution in [0.25, 0.3) is 21.5 Å². The molecular weight excluding hydrogens is 524 g/mol. The van der Waals surface area contributed by atoms with Crippen molar-refractivity contribution < 1.29 is 18.9 Å². The molecule has 5 aromatic rings. The second-order valence-electron chi connectivity index (χ2n) is 11.2. The molecule has 0 aromatic heterocycles. The van der Waals surface area contributed by atoms with Crippen LogP contribution in [0.3, 0.4) is 0 Å². The summed E-state index contributed by atoms with van der Waals surface area (Å²) >= 11 is 0. The smallest absolute Gasteiger partial charge is 0.229 e. The molecule has 0 radical (unpaired) electrons. The number of hydrogen-bond acceptors (Lipinski definition) is 6. The van der Waals surface area contributed by atoms with Crippen molar-refractivity contribution in [3.05, 3.63) is 96.6 Å². The monoisotopic (exact) mass is 558 g/mol. The van der Waals surface area contributed by atoms with Crippen molar-refractivity contribution in [1.29, 1.82) is 0 Å². The molecule has 6 heteroatoms. The first-order valence-electron chi connectivity index (χ1n) is 14.5. The van der Waals surface area contributed by atoms with Gasteiger partial charge < -0.3 is 23.8 Å². The second-order valence-corrected chi connectivity index (χ2v) is 11.2. The molecule has 0 amide bonds. The summed E-state index contributed by atoms with van der Waals surface area (Å²) in [7, 11) is 1.66. The van der Waals surface area contributed by atoms with Gasteiger partial charge in [-0.2, -0.15) is 0 Å². The van der Waals surface area contributed by atoms with Gasteiger partial charge in [0.25, 0.3) is 0 Å². The van der Waals surface area contributed by atoms with Crippen LogP contribution in [0.4, 0.5) is 11.4 Å². The van der Waals surface area contributed by atoms with Crippen LogP contribution in [-0.2, 0) is 5.41 Å². The van der Waals surface area contributed by atoms with Crippen LogP contribution >= 0.6 is 0 Å². The molecule has 0 bridgehead atoms. The zero-order valence-electron chi connectivity index (χ0n) is 24.4. The SMILES string of the molecule is CCOc1cc2ccc3c(c2cc1OC)N=CC1(O3)N(CCOc2ccccc2)c2ccc3ccccc3c2C1(C)C. The van der Waals surface area contributed by atoms with Crippen LogP contribution in [-0.4, -0.2) is 38.8 Å². The molecule has 0 aliphatic carbocycles. The third-order valence-corrected chi connectivity index (χ3v) is 8.62. The minimum absolute atomic E-state index is 0.442. The van der Waals surface area contributed by atoms with Crippen LogP contribution in [0.1, 0.15) is 26.3 Å². The van der Waals surface area contributed by atoms with E-state index >= 15 is 0 Å². The highest BCUT2D eigenvalue weighted by atomic mass is 16.5. The highest BCUT2D eigenvalue weighted by Gasteiger charge is 2.60. The molecule has 5 aromatic carbocycles. The van der Waals surface area contributed by atoms with Crippen molar-refractivity contribution in [1.82, 2.24) is 0 Å². The van der Waals surface area contributed by atoms with Gasteiger partial charge in [0.1, 0.15) is 23.8 Å². The molecule has 42 heavy (non-hydrogen) atoms. The largest absolute Gasteiger partial charge is 0.493 e. The first-order valence-corrected chi connectivity index (χ1v) is 14.5. The highest BCUT2D eigenvalue weighted by Crippen LogP contribution is 2.56. The fourth-order valence-corrected chi connectivity index (χ4v) is 6.59. The molecule has 0 fully saturated rings. The molecule has 1 unspecified atom stereocenters. The van der Waals surface area contributed by atoms with E-state index in [-0.39, 0.29) is 0 Å². The third-order valence-electron chi connectivity index (χ3n) is 8.62. The second kappa shape index (κ2) is 9.98. The van der Waals surface area contributed by atoms with Gasteiger partial charge in [-0.15, -0.1) is 0 Å². The Morgan fingerprint density at radius 2 is 1.60 bits per heavy atom. The summed E-state index contributed by atoms with van der Waals surface area (Å²) < 4.78 is 24.8. The van der Waals surface area contributed by atoms with Crippen molar-refractivity contribution in [2.75, 3.05) is 31.8 Å². The molecule has 6 nitrogen and oxygen atoms in total. The van der Waals surface area contributed by atoms with Gasteiger partial charge in [0.05, 0.1) is 31.9 Å². The van der Waals surface area contributed by atoms with E-state index in [1.807, 2.05) is 61.7 Å². The van der Waals surface area contributed by atoms with Gasteiger partial charge in [0.15, 0.2) is 11.5 Å². The quantitative estimate of drug-likeness (QED) is 0.202. The van der Waals surface area contributed by atoms with E-state index in [9.17, 15) is 0 Å². The van der Waals surface area contributed by atoms with E-state index in [0.29, 0.717) is 31.3 Å². The summed E-state index contributed by atoms with van der Waals surface area (Å²) in [6.07, 6.45) is 2.00. The topological polar surface area (TPSA) is 52.5 Å². The van der Waals surface area contributed by atoms with Crippen molar-refractivity contribution in [3.63, 3.8) is 0 Å². The number of hydrogen-bond donors (Lipinski definition) is 0. The van der Waals surface area contributed by atoms with Crippen LogP contribution in [0.5, 0.6) is 23.0 Å². The molecular formula is C36H34N2O4. The number of aliphatic imine (C=N–C) groups is 1. The molecule has 2 aliphatic rings. The molecule has 0 N–H and O–H groups in total. The maximum atomic E-state index is 7.15. The van der Waals surface area contributed by atoms with Gasteiger partial charge in [0, 0.05) is 11.1 Å². The summed E-state index contributed by atoms with van der Waals surface area (Å²) in [4.78, 5) is 7.48. The summed E-state index contributed by atoms with van der Waals surface area (Å²) in [5, 5.41) is 4.40. The van der Waals surface area contributed by atoms with Gasteiger partial charge in [0.2, 0.25) is 5.72 Å². The van der Waals surface area contributed by atoms with Crippen molar-refractivity contribution in [2.45, 2.75) is 31.9 Å². The molecule has 0 saturated heterocycles. The minimum Gasteiger partial charge on any atom is -0.493 e. The Balaban J connectivity index is 1.35. The fourth-order valence-electron chi connectivity index (χ4n) is 6.59. The number of para-hydroxylation sites is 1. The first kappa shape index (κ1) is 26.2. The van der Waals surface area contributed by atoms with E-state index in [0.717, 1.165) is 33.6 Å². The maximum Gasteiger partial charge on any atom is 0.229 e. The Morgan fingerprint density at radius 3 is 2.40 bits per heavy atom. The average Bonchev–Trinajstić information content (AvgIpc) is 3.19. The predicted octanol–water partition coefficient (Wildman–Crippen LogP) is 8.07. The highest BCUT2D eigenvalue weighted by molar-refractivity contribution is 6.03. The van der Waals surface area contributed by atoms with E-state index in [4.69, 9.17) is 23.9 Å². The Hall–Kier alpha value is -4.71. The molecule has 212 valence electrons. The molecule has 0 saturated carbocycles. The number of fused-ring (bicyclic) bond motifs is 6. The van der Waals surface area contributed by atoms with Crippen molar-refractivity contribution in [3.8, 4) is 23.0 Å². The van der Waals surface area contributed by atoms with E-state index in [1.54, 1.807) is 7.11 Å². The van der Waals surface area contributed by atoms with Crippen LogP contribution in [0.15, 0.2) is 96.0 Å².